The van der Waals surface area contributed by atoms with Gasteiger partial charge >= 0.3 is 5.79 Å². The molecule has 0 fully saturated rings. The Kier molecular flexibility index (Phi) is 5.11. The van der Waals surface area contributed by atoms with Crippen LogP contribution in [0.3, 0.4) is 0 Å². The Labute approximate surface area is 173 Å². The number of halogens is 2. The molecule has 3 aromatic carbocycles. The van der Waals surface area contributed by atoms with Crippen LogP contribution >= 0.6 is 23.2 Å². The maximum Gasteiger partial charge on any atom is 0.307 e. The molecule has 0 bridgehead atoms. The summed E-state index contributed by atoms with van der Waals surface area (Å²) in [5.74, 6) is 0.801. The Bertz CT molecular complexity index is 1010. The van der Waals surface area contributed by atoms with Crippen LogP contribution in [-0.2, 0) is 12.2 Å². The van der Waals surface area contributed by atoms with E-state index in [1.807, 2.05) is 48.5 Å². The SMILES string of the molecule is COc1ccc(C2(c3ccc(Cl)cc3Cl)Oc3ccc(CCN)cc3O2)cc1. The molecule has 6 heteroatoms. The van der Waals surface area contributed by atoms with Crippen LogP contribution in [0.4, 0.5) is 0 Å². The van der Waals surface area contributed by atoms with E-state index in [4.69, 9.17) is 43.1 Å². The van der Waals surface area contributed by atoms with Gasteiger partial charge in [-0.05, 0) is 73.1 Å². The van der Waals surface area contributed by atoms with Crippen molar-refractivity contribution in [2.24, 2.45) is 5.73 Å². The third kappa shape index (κ3) is 3.28. The van der Waals surface area contributed by atoms with E-state index >= 15 is 0 Å². The number of hydrogen-bond donors (Lipinski definition) is 1. The maximum atomic E-state index is 6.55. The first-order valence-corrected chi connectivity index (χ1v) is 9.62. The monoisotopic (exact) mass is 415 g/mol. The fraction of sp³-hybridized carbons (Fsp3) is 0.182. The number of fused-ring (bicyclic) bond motifs is 1. The molecule has 0 aromatic heterocycles. The van der Waals surface area contributed by atoms with Gasteiger partial charge < -0.3 is 19.9 Å². The van der Waals surface area contributed by atoms with Crippen LogP contribution < -0.4 is 19.9 Å². The molecule has 1 heterocycles. The van der Waals surface area contributed by atoms with Crippen LogP contribution in [-0.4, -0.2) is 13.7 Å². The van der Waals surface area contributed by atoms with Gasteiger partial charge in [-0.15, -0.1) is 0 Å². The van der Waals surface area contributed by atoms with Crippen LogP contribution in [0.25, 0.3) is 0 Å². The van der Waals surface area contributed by atoms with Crippen LogP contribution in [0.1, 0.15) is 16.7 Å². The molecule has 0 aliphatic carbocycles. The molecule has 0 saturated carbocycles. The molecule has 28 heavy (non-hydrogen) atoms. The maximum absolute atomic E-state index is 6.55. The van der Waals surface area contributed by atoms with Gasteiger partial charge in [0.25, 0.3) is 0 Å². The highest BCUT2D eigenvalue weighted by Gasteiger charge is 2.47. The lowest BCUT2D eigenvalue weighted by atomic mass is 9.97. The van der Waals surface area contributed by atoms with Crippen molar-refractivity contribution in [1.29, 1.82) is 0 Å². The molecule has 1 aliphatic heterocycles. The minimum absolute atomic E-state index is 0.457. The highest BCUT2D eigenvalue weighted by atomic mass is 35.5. The summed E-state index contributed by atoms with van der Waals surface area (Å²) in [7, 11) is 1.62. The van der Waals surface area contributed by atoms with Crippen molar-refractivity contribution in [3.8, 4) is 17.2 Å². The molecule has 0 amide bonds. The highest BCUT2D eigenvalue weighted by Crippen LogP contribution is 2.49. The zero-order chi connectivity index (χ0) is 19.7. The average molecular weight is 416 g/mol. The fourth-order valence-electron chi connectivity index (χ4n) is 3.32. The number of nitrogens with two attached hydrogens (primary N) is 1. The van der Waals surface area contributed by atoms with E-state index in [2.05, 4.69) is 0 Å². The second-order valence-electron chi connectivity index (χ2n) is 6.49. The molecule has 0 saturated heterocycles. The van der Waals surface area contributed by atoms with Gasteiger partial charge in [0.2, 0.25) is 0 Å². The quantitative estimate of drug-likeness (QED) is 0.623. The molecule has 1 aliphatic rings. The Morgan fingerprint density at radius 3 is 2.36 bits per heavy atom. The number of hydrogen-bond acceptors (Lipinski definition) is 4. The predicted molar refractivity (Wildman–Crippen MR) is 111 cm³/mol. The number of rotatable bonds is 5. The van der Waals surface area contributed by atoms with Crippen LogP contribution in [0.5, 0.6) is 17.2 Å². The van der Waals surface area contributed by atoms with Gasteiger partial charge in [0.15, 0.2) is 11.5 Å². The molecule has 1 unspecified atom stereocenters. The second-order valence-corrected chi connectivity index (χ2v) is 7.34. The van der Waals surface area contributed by atoms with Gasteiger partial charge in [-0.2, -0.15) is 0 Å². The van der Waals surface area contributed by atoms with Gasteiger partial charge in [-0.1, -0.05) is 29.3 Å². The Morgan fingerprint density at radius 1 is 0.929 bits per heavy atom. The summed E-state index contributed by atoms with van der Waals surface area (Å²) in [4.78, 5) is 0. The van der Waals surface area contributed by atoms with Gasteiger partial charge in [0, 0.05) is 10.6 Å². The summed E-state index contributed by atoms with van der Waals surface area (Å²) in [6.45, 7) is 0.562. The van der Waals surface area contributed by atoms with E-state index in [9.17, 15) is 0 Å². The predicted octanol–water partition coefficient (Wildman–Crippen LogP) is 5.18. The Morgan fingerprint density at radius 2 is 1.68 bits per heavy atom. The van der Waals surface area contributed by atoms with Crippen molar-refractivity contribution in [3.63, 3.8) is 0 Å². The standard InChI is InChI=1S/C22H19Cl2NO3/c1-26-17-6-3-15(4-7-17)22(18-8-5-16(23)13-19(18)24)27-20-9-2-14(10-11-25)12-21(20)28-22/h2-9,12-13H,10-11,25H2,1H3. The van der Waals surface area contributed by atoms with E-state index < -0.39 is 5.79 Å². The first-order chi connectivity index (χ1) is 13.6. The van der Waals surface area contributed by atoms with Crippen LogP contribution in [0.2, 0.25) is 10.0 Å². The minimum atomic E-state index is -1.22. The van der Waals surface area contributed by atoms with Gasteiger partial charge in [-0.25, -0.2) is 0 Å². The lowest BCUT2D eigenvalue weighted by molar-refractivity contribution is -0.0458. The normalized spacial score (nSPS) is 17.6. The molecule has 0 radical (unpaired) electrons. The molecule has 2 N–H and O–H groups in total. The third-order valence-electron chi connectivity index (χ3n) is 4.70. The summed E-state index contributed by atoms with van der Waals surface area (Å²) in [6.07, 6.45) is 0.758. The van der Waals surface area contributed by atoms with E-state index in [1.165, 1.54) is 0 Å². The van der Waals surface area contributed by atoms with E-state index in [0.29, 0.717) is 33.7 Å². The summed E-state index contributed by atoms with van der Waals surface area (Å²) in [5, 5.41) is 0.998. The molecule has 4 nitrogen and oxygen atoms in total. The fourth-order valence-corrected chi connectivity index (χ4v) is 3.85. The molecule has 4 rings (SSSR count). The van der Waals surface area contributed by atoms with Crippen LogP contribution in [0.15, 0.2) is 60.7 Å². The number of methoxy groups -OCH3 is 1. The molecule has 3 aromatic rings. The average Bonchev–Trinajstić information content (AvgIpc) is 3.08. The molecule has 0 spiro atoms. The zero-order valence-corrected chi connectivity index (χ0v) is 16.8. The second kappa shape index (κ2) is 7.55. The lowest BCUT2D eigenvalue weighted by Crippen LogP contribution is -2.37. The van der Waals surface area contributed by atoms with Crippen molar-refractivity contribution in [2.45, 2.75) is 12.2 Å². The van der Waals surface area contributed by atoms with Gasteiger partial charge in [0.1, 0.15) is 5.75 Å². The first-order valence-electron chi connectivity index (χ1n) is 8.87. The molecule has 1 atom stereocenters. The number of benzene rings is 3. The van der Waals surface area contributed by atoms with Gasteiger partial charge in [-0.3, -0.25) is 0 Å². The van der Waals surface area contributed by atoms with Crippen molar-refractivity contribution in [1.82, 2.24) is 0 Å². The lowest BCUT2D eigenvalue weighted by Gasteiger charge is -2.29. The zero-order valence-electron chi connectivity index (χ0n) is 15.2. The van der Waals surface area contributed by atoms with E-state index in [0.717, 1.165) is 23.3 Å². The third-order valence-corrected chi connectivity index (χ3v) is 5.25. The molecular weight excluding hydrogens is 397 g/mol. The summed E-state index contributed by atoms with van der Waals surface area (Å²) in [6, 6.07) is 18.6. The van der Waals surface area contributed by atoms with Crippen molar-refractivity contribution in [2.75, 3.05) is 13.7 Å². The van der Waals surface area contributed by atoms with Crippen LogP contribution in [0, 0.1) is 0 Å². The summed E-state index contributed by atoms with van der Waals surface area (Å²) >= 11 is 12.7. The summed E-state index contributed by atoms with van der Waals surface area (Å²) < 4.78 is 18.1. The van der Waals surface area contributed by atoms with E-state index in [-0.39, 0.29) is 0 Å². The highest BCUT2D eigenvalue weighted by molar-refractivity contribution is 6.35. The minimum Gasteiger partial charge on any atom is -0.497 e. The Hall–Kier alpha value is -2.40. The smallest absolute Gasteiger partial charge is 0.307 e. The topological polar surface area (TPSA) is 53.7 Å². The van der Waals surface area contributed by atoms with Crippen molar-refractivity contribution < 1.29 is 14.2 Å². The number of ether oxygens (including phenoxy) is 3. The molecular formula is C22H19Cl2NO3. The van der Waals surface area contributed by atoms with E-state index in [1.54, 1.807) is 19.2 Å². The van der Waals surface area contributed by atoms with Crippen molar-refractivity contribution in [3.05, 3.63) is 87.4 Å². The van der Waals surface area contributed by atoms with Gasteiger partial charge in [0.05, 0.1) is 17.7 Å². The largest absolute Gasteiger partial charge is 0.497 e. The van der Waals surface area contributed by atoms with Crippen molar-refractivity contribution >= 4 is 23.2 Å². The first kappa shape index (κ1) is 18.9. The Balaban J connectivity index is 1.85. The summed E-state index contributed by atoms with van der Waals surface area (Å²) in [5.41, 5.74) is 8.22. The molecule has 144 valence electrons.